The van der Waals surface area contributed by atoms with Crippen LogP contribution in [0.2, 0.25) is 0 Å². The zero-order chi connectivity index (χ0) is 18.3. The molecule has 2 N–H and O–H groups in total. The molecule has 2 aromatic rings. The van der Waals surface area contributed by atoms with Gasteiger partial charge < -0.3 is 19.7 Å². The maximum absolute atomic E-state index is 10.9. The number of phenolic OH excluding ortho intramolecular Hbond substituents is 2. The number of carbonyl (C=O) groups is 1. The van der Waals surface area contributed by atoms with Crippen LogP contribution in [0.3, 0.4) is 0 Å². The number of aromatic hydroxyl groups is 2. The molecule has 5 nitrogen and oxygen atoms in total. The summed E-state index contributed by atoms with van der Waals surface area (Å²) in [4.78, 5) is 10.9. The van der Waals surface area contributed by atoms with E-state index >= 15 is 0 Å². The van der Waals surface area contributed by atoms with E-state index in [4.69, 9.17) is 9.47 Å². The summed E-state index contributed by atoms with van der Waals surface area (Å²) in [7, 11) is 3.13. The van der Waals surface area contributed by atoms with Gasteiger partial charge in [-0.05, 0) is 49.2 Å². The third-order valence-electron chi connectivity index (χ3n) is 3.44. The molecular formula is C19H24O5. The average Bonchev–Trinajstić information content (AvgIpc) is 2.56. The number of ether oxygens (including phenoxy) is 2. The lowest BCUT2D eigenvalue weighted by Crippen LogP contribution is -1.93. The van der Waals surface area contributed by atoms with Gasteiger partial charge in [0, 0.05) is 5.56 Å². The van der Waals surface area contributed by atoms with Crippen LogP contribution in [0.5, 0.6) is 23.0 Å². The van der Waals surface area contributed by atoms with Crippen molar-refractivity contribution in [2.75, 3.05) is 14.2 Å². The molecule has 0 heterocycles. The predicted octanol–water partition coefficient (Wildman–Crippen LogP) is 4.13. The molecule has 0 saturated carbocycles. The number of carbonyl (C=O) groups excluding carboxylic acids is 1. The van der Waals surface area contributed by atoms with E-state index in [2.05, 4.69) is 0 Å². The standard InChI is InChI=1S/C10H14O2.C9H10O3/c1-7(2)9-6-8(12-3)4-5-10(9)11;1-6(10)8-5-7(12-2)3-4-9(8)11/h4-7,11H,1-3H3;3-5,11H,1-2H3. The van der Waals surface area contributed by atoms with Crippen LogP contribution >= 0.6 is 0 Å². The van der Waals surface area contributed by atoms with Gasteiger partial charge >= 0.3 is 0 Å². The van der Waals surface area contributed by atoms with Crippen LogP contribution in [-0.2, 0) is 0 Å². The van der Waals surface area contributed by atoms with Gasteiger partial charge in [0.25, 0.3) is 0 Å². The third kappa shape index (κ3) is 5.19. The van der Waals surface area contributed by atoms with Crippen LogP contribution in [0.1, 0.15) is 42.6 Å². The van der Waals surface area contributed by atoms with E-state index in [9.17, 15) is 15.0 Å². The molecule has 0 aliphatic carbocycles. The van der Waals surface area contributed by atoms with Crippen LogP contribution in [-0.4, -0.2) is 30.2 Å². The predicted molar refractivity (Wildman–Crippen MR) is 93.4 cm³/mol. The second-order valence-electron chi connectivity index (χ2n) is 5.52. The van der Waals surface area contributed by atoms with E-state index in [1.54, 1.807) is 25.3 Å². The minimum Gasteiger partial charge on any atom is -0.508 e. The fraction of sp³-hybridized carbons (Fsp3) is 0.316. The molecule has 0 amide bonds. The van der Waals surface area contributed by atoms with Crippen molar-refractivity contribution in [2.24, 2.45) is 0 Å². The number of hydrogen-bond acceptors (Lipinski definition) is 5. The van der Waals surface area contributed by atoms with Crippen LogP contribution in [0, 0.1) is 0 Å². The number of rotatable bonds is 4. The van der Waals surface area contributed by atoms with Crippen molar-refractivity contribution in [3.05, 3.63) is 47.5 Å². The van der Waals surface area contributed by atoms with E-state index < -0.39 is 0 Å². The molecule has 2 rings (SSSR count). The summed E-state index contributed by atoms with van der Waals surface area (Å²) in [5, 5.41) is 18.7. The van der Waals surface area contributed by atoms with Crippen LogP contribution in [0.4, 0.5) is 0 Å². The van der Waals surface area contributed by atoms with Gasteiger partial charge in [-0.2, -0.15) is 0 Å². The summed E-state index contributed by atoms with van der Waals surface area (Å²) in [6.45, 7) is 5.47. The van der Waals surface area contributed by atoms with Gasteiger partial charge in [0.05, 0.1) is 19.8 Å². The summed E-state index contributed by atoms with van der Waals surface area (Å²) in [6.07, 6.45) is 0. The molecule has 0 atom stereocenters. The van der Waals surface area contributed by atoms with Crippen molar-refractivity contribution in [3.8, 4) is 23.0 Å². The zero-order valence-electron chi connectivity index (χ0n) is 14.7. The maximum atomic E-state index is 10.9. The summed E-state index contributed by atoms with van der Waals surface area (Å²) in [5.74, 6) is 1.83. The smallest absolute Gasteiger partial charge is 0.163 e. The molecule has 130 valence electrons. The lowest BCUT2D eigenvalue weighted by molar-refractivity contribution is 0.101. The highest BCUT2D eigenvalue weighted by Crippen LogP contribution is 2.28. The third-order valence-corrected chi connectivity index (χ3v) is 3.44. The summed E-state index contributed by atoms with van der Waals surface area (Å²) >= 11 is 0. The molecule has 0 saturated heterocycles. The van der Waals surface area contributed by atoms with E-state index in [-0.39, 0.29) is 17.1 Å². The van der Waals surface area contributed by atoms with Gasteiger partial charge in [-0.15, -0.1) is 0 Å². The largest absolute Gasteiger partial charge is 0.508 e. The Morgan fingerprint density at radius 2 is 1.42 bits per heavy atom. The van der Waals surface area contributed by atoms with E-state index in [0.717, 1.165) is 11.3 Å². The maximum Gasteiger partial charge on any atom is 0.163 e. The molecule has 2 aromatic carbocycles. The molecule has 0 aromatic heterocycles. The van der Waals surface area contributed by atoms with Gasteiger partial charge in [-0.25, -0.2) is 0 Å². The minimum absolute atomic E-state index is 0.0108. The van der Waals surface area contributed by atoms with E-state index in [1.165, 1.54) is 26.2 Å². The lowest BCUT2D eigenvalue weighted by atomic mass is 10.0. The molecule has 0 aliphatic heterocycles. The molecule has 0 spiro atoms. The molecule has 5 heteroatoms. The van der Waals surface area contributed by atoms with Crippen molar-refractivity contribution in [1.82, 2.24) is 0 Å². The Morgan fingerprint density at radius 3 is 1.88 bits per heavy atom. The Balaban J connectivity index is 0.000000240. The summed E-state index contributed by atoms with van der Waals surface area (Å²) in [6, 6.07) is 9.82. The Morgan fingerprint density at radius 1 is 0.917 bits per heavy atom. The second-order valence-corrected chi connectivity index (χ2v) is 5.52. The fourth-order valence-corrected chi connectivity index (χ4v) is 2.05. The van der Waals surface area contributed by atoms with Crippen molar-refractivity contribution < 1.29 is 24.5 Å². The molecule has 0 unspecified atom stereocenters. The van der Waals surface area contributed by atoms with Crippen molar-refractivity contribution >= 4 is 5.78 Å². The lowest BCUT2D eigenvalue weighted by Gasteiger charge is -2.09. The van der Waals surface area contributed by atoms with Gasteiger partial charge in [-0.1, -0.05) is 13.8 Å². The highest BCUT2D eigenvalue weighted by Gasteiger charge is 2.07. The number of benzene rings is 2. The molecular weight excluding hydrogens is 308 g/mol. The highest BCUT2D eigenvalue weighted by atomic mass is 16.5. The second kappa shape index (κ2) is 8.82. The van der Waals surface area contributed by atoms with Gasteiger partial charge in [0.15, 0.2) is 5.78 Å². The Kier molecular flexibility index (Phi) is 7.11. The first-order valence-corrected chi connectivity index (χ1v) is 7.55. The molecule has 24 heavy (non-hydrogen) atoms. The van der Waals surface area contributed by atoms with Crippen LogP contribution in [0.25, 0.3) is 0 Å². The Hall–Kier alpha value is -2.69. The van der Waals surface area contributed by atoms with Crippen molar-refractivity contribution in [1.29, 1.82) is 0 Å². The van der Waals surface area contributed by atoms with Crippen LogP contribution < -0.4 is 9.47 Å². The van der Waals surface area contributed by atoms with Gasteiger partial charge in [0.1, 0.15) is 23.0 Å². The van der Waals surface area contributed by atoms with E-state index in [0.29, 0.717) is 17.4 Å². The SMILES string of the molecule is COc1ccc(O)c(C(C)=O)c1.COc1ccc(O)c(C(C)C)c1. The molecule has 0 radical (unpaired) electrons. The quantitative estimate of drug-likeness (QED) is 0.823. The zero-order valence-corrected chi connectivity index (χ0v) is 14.7. The molecule has 0 fully saturated rings. The monoisotopic (exact) mass is 332 g/mol. The van der Waals surface area contributed by atoms with E-state index in [1.807, 2.05) is 19.9 Å². The first-order valence-electron chi connectivity index (χ1n) is 7.55. The topological polar surface area (TPSA) is 76.0 Å². The summed E-state index contributed by atoms with van der Waals surface area (Å²) in [5.41, 5.74) is 1.21. The first-order chi connectivity index (χ1) is 11.3. The normalized spacial score (nSPS) is 9.92. The number of hydrogen-bond donors (Lipinski definition) is 2. The van der Waals surface area contributed by atoms with Gasteiger partial charge in [0.2, 0.25) is 0 Å². The number of Topliss-reactive ketones (excluding diaryl/α,β-unsaturated/α-hetero) is 1. The average molecular weight is 332 g/mol. The number of phenols is 2. The highest BCUT2D eigenvalue weighted by molar-refractivity contribution is 5.97. The number of ketones is 1. The summed E-state index contributed by atoms with van der Waals surface area (Å²) < 4.78 is 9.95. The van der Waals surface area contributed by atoms with Gasteiger partial charge in [-0.3, -0.25) is 4.79 Å². The Labute approximate surface area is 142 Å². The van der Waals surface area contributed by atoms with Crippen molar-refractivity contribution in [3.63, 3.8) is 0 Å². The van der Waals surface area contributed by atoms with Crippen molar-refractivity contribution in [2.45, 2.75) is 26.7 Å². The van der Waals surface area contributed by atoms with Crippen LogP contribution in [0.15, 0.2) is 36.4 Å². The number of methoxy groups -OCH3 is 2. The molecule has 0 aliphatic rings. The molecule has 0 bridgehead atoms. The first kappa shape index (κ1) is 19.4. The minimum atomic E-state index is -0.175. The fourth-order valence-electron chi connectivity index (χ4n) is 2.05. The Bertz CT molecular complexity index is 692.